The third-order valence-electron chi connectivity index (χ3n) is 2.75. The number of hydrogen-bond acceptors (Lipinski definition) is 1. The maximum Gasteiger partial charge on any atom is 0.128 e. The molecule has 0 fully saturated rings. The van der Waals surface area contributed by atoms with Crippen LogP contribution in [-0.4, -0.2) is 0 Å². The molecule has 0 saturated carbocycles. The zero-order valence-corrected chi connectivity index (χ0v) is 13.2. The summed E-state index contributed by atoms with van der Waals surface area (Å²) in [5, 5.41) is 4.06. The molecule has 1 atom stereocenters. The Labute approximate surface area is 129 Å². The Kier molecular flexibility index (Phi) is 4.71. The van der Waals surface area contributed by atoms with Crippen LogP contribution < -0.4 is 5.32 Å². The van der Waals surface area contributed by atoms with Crippen molar-refractivity contribution in [2.45, 2.75) is 13.0 Å². The molecule has 2 aromatic carbocycles. The minimum Gasteiger partial charge on any atom is -0.377 e. The van der Waals surface area contributed by atoms with Gasteiger partial charge >= 0.3 is 0 Å². The molecule has 0 radical (unpaired) electrons. The number of nitrogens with one attached hydrogen (secondary N) is 1. The molecule has 0 saturated heterocycles. The predicted octanol–water partition coefficient (Wildman–Crippen LogP) is 6.07. The van der Waals surface area contributed by atoms with Crippen LogP contribution >= 0.6 is 39.1 Å². The molecule has 0 heterocycles. The summed E-state index contributed by atoms with van der Waals surface area (Å²) in [5.41, 5.74) is 1.24. The first kappa shape index (κ1) is 14.6. The van der Waals surface area contributed by atoms with Gasteiger partial charge in [0.05, 0.1) is 21.8 Å². The second-order valence-electron chi connectivity index (χ2n) is 4.13. The van der Waals surface area contributed by atoms with Gasteiger partial charge in [-0.2, -0.15) is 0 Å². The summed E-state index contributed by atoms with van der Waals surface area (Å²) in [4.78, 5) is 0. The highest BCUT2D eigenvalue weighted by atomic mass is 79.9. The molecule has 0 aromatic heterocycles. The van der Waals surface area contributed by atoms with Gasteiger partial charge in [-0.25, -0.2) is 4.39 Å². The predicted molar refractivity (Wildman–Crippen MR) is 82.6 cm³/mol. The molecule has 1 nitrogen and oxygen atoms in total. The Morgan fingerprint density at radius 2 is 1.95 bits per heavy atom. The molecule has 2 rings (SSSR count). The van der Waals surface area contributed by atoms with Gasteiger partial charge in [-0.15, -0.1) is 0 Å². The second-order valence-corrected chi connectivity index (χ2v) is 5.83. The maximum absolute atomic E-state index is 13.8. The average Bonchev–Trinajstić information content (AvgIpc) is 2.38. The van der Waals surface area contributed by atoms with Gasteiger partial charge in [-0.1, -0.05) is 45.2 Å². The van der Waals surface area contributed by atoms with Gasteiger partial charge in [-0.05, 0) is 37.3 Å². The molecule has 0 spiro atoms. The summed E-state index contributed by atoms with van der Waals surface area (Å²) in [7, 11) is 0. The van der Waals surface area contributed by atoms with Crippen LogP contribution in [0, 0.1) is 5.82 Å². The zero-order chi connectivity index (χ0) is 14.0. The van der Waals surface area contributed by atoms with E-state index in [1.807, 2.05) is 6.92 Å². The van der Waals surface area contributed by atoms with Crippen LogP contribution in [0.1, 0.15) is 18.5 Å². The fourth-order valence-electron chi connectivity index (χ4n) is 1.77. The van der Waals surface area contributed by atoms with Crippen molar-refractivity contribution < 1.29 is 4.39 Å². The van der Waals surface area contributed by atoms with E-state index in [1.165, 1.54) is 6.07 Å². The van der Waals surface area contributed by atoms with Crippen molar-refractivity contribution in [1.29, 1.82) is 0 Å². The van der Waals surface area contributed by atoms with E-state index in [9.17, 15) is 4.39 Å². The molecule has 0 amide bonds. The largest absolute Gasteiger partial charge is 0.377 e. The molecule has 0 aliphatic carbocycles. The van der Waals surface area contributed by atoms with E-state index in [2.05, 4.69) is 21.2 Å². The van der Waals surface area contributed by atoms with Crippen LogP contribution in [0.3, 0.4) is 0 Å². The number of benzene rings is 2. The first-order valence-electron chi connectivity index (χ1n) is 5.64. The zero-order valence-electron chi connectivity index (χ0n) is 10.1. The van der Waals surface area contributed by atoms with Gasteiger partial charge in [0.2, 0.25) is 0 Å². The van der Waals surface area contributed by atoms with Crippen LogP contribution in [-0.2, 0) is 0 Å². The van der Waals surface area contributed by atoms with E-state index in [4.69, 9.17) is 23.2 Å². The van der Waals surface area contributed by atoms with Crippen molar-refractivity contribution in [2.24, 2.45) is 0 Å². The molecule has 19 heavy (non-hydrogen) atoms. The average molecular weight is 363 g/mol. The van der Waals surface area contributed by atoms with Crippen LogP contribution in [0.2, 0.25) is 10.0 Å². The smallest absolute Gasteiger partial charge is 0.128 e. The van der Waals surface area contributed by atoms with Gasteiger partial charge < -0.3 is 5.32 Å². The first-order chi connectivity index (χ1) is 8.99. The van der Waals surface area contributed by atoms with Crippen molar-refractivity contribution in [3.63, 3.8) is 0 Å². The monoisotopic (exact) mass is 361 g/mol. The lowest BCUT2D eigenvalue weighted by Crippen LogP contribution is -2.09. The molecular formula is C14H11BrCl2FN. The van der Waals surface area contributed by atoms with Crippen LogP contribution in [0.25, 0.3) is 0 Å². The van der Waals surface area contributed by atoms with Crippen molar-refractivity contribution in [3.8, 4) is 0 Å². The SMILES string of the molecule is CC(Nc1cccc(Cl)c1Cl)c1cc(Br)ccc1F. The highest BCUT2D eigenvalue weighted by Gasteiger charge is 2.13. The Balaban J connectivity index is 2.28. The molecule has 1 N–H and O–H groups in total. The van der Waals surface area contributed by atoms with Crippen LogP contribution in [0.15, 0.2) is 40.9 Å². The topological polar surface area (TPSA) is 12.0 Å². The van der Waals surface area contributed by atoms with E-state index in [0.717, 1.165) is 4.47 Å². The Hall–Kier alpha value is -0.770. The van der Waals surface area contributed by atoms with Gasteiger partial charge in [0.15, 0.2) is 0 Å². The van der Waals surface area contributed by atoms with Gasteiger partial charge in [-0.3, -0.25) is 0 Å². The van der Waals surface area contributed by atoms with E-state index in [1.54, 1.807) is 30.3 Å². The molecule has 0 bridgehead atoms. The normalized spacial score (nSPS) is 12.3. The van der Waals surface area contributed by atoms with Crippen LogP contribution in [0.5, 0.6) is 0 Å². The highest BCUT2D eigenvalue weighted by molar-refractivity contribution is 9.10. The Bertz CT molecular complexity index is 604. The molecule has 1 unspecified atom stereocenters. The third-order valence-corrected chi connectivity index (χ3v) is 4.06. The van der Waals surface area contributed by atoms with Crippen molar-refractivity contribution in [3.05, 3.63) is 62.3 Å². The van der Waals surface area contributed by atoms with Gasteiger partial charge in [0.25, 0.3) is 0 Å². The Morgan fingerprint density at radius 1 is 1.21 bits per heavy atom. The van der Waals surface area contributed by atoms with E-state index >= 15 is 0 Å². The number of hydrogen-bond donors (Lipinski definition) is 1. The van der Waals surface area contributed by atoms with E-state index in [0.29, 0.717) is 21.3 Å². The second kappa shape index (κ2) is 6.12. The summed E-state index contributed by atoms with van der Waals surface area (Å²) in [6.07, 6.45) is 0. The summed E-state index contributed by atoms with van der Waals surface area (Å²) >= 11 is 15.4. The standard InChI is InChI=1S/C14H11BrCl2FN/c1-8(10-7-9(15)5-6-12(10)18)19-13-4-2-3-11(16)14(13)17/h2-8,19H,1H3. The van der Waals surface area contributed by atoms with Gasteiger partial charge in [0.1, 0.15) is 5.82 Å². The van der Waals surface area contributed by atoms with Gasteiger partial charge in [0, 0.05) is 10.0 Å². The van der Waals surface area contributed by atoms with Crippen molar-refractivity contribution >= 4 is 44.8 Å². The highest BCUT2D eigenvalue weighted by Crippen LogP contribution is 2.32. The quantitative estimate of drug-likeness (QED) is 0.698. The summed E-state index contributed by atoms with van der Waals surface area (Å²) in [6.45, 7) is 1.86. The lowest BCUT2D eigenvalue weighted by Gasteiger charge is -2.18. The molecule has 100 valence electrons. The third kappa shape index (κ3) is 3.41. The maximum atomic E-state index is 13.8. The fraction of sp³-hybridized carbons (Fsp3) is 0.143. The molecule has 0 aliphatic heterocycles. The Morgan fingerprint density at radius 3 is 2.68 bits per heavy atom. The number of rotatable bonds is 3. The van der Waals surface area contributed by atoms with E-state index in [-0.39, 0.29) is 11.9 Å². The summed E-state index contributed by atoms with van der Waals surface area (Å²) in [6, 6.07) is 9.91. The lowest BCUT2D eigenvalue weighted by atomic mass is 10.1. The lowest BCUT2D eigenvalue weighted by molar-refractivity contribution is 0.600. The van der Waals surface area contributed by atoms with Crippen LogP contribution in [0.4, 0.5) is 10.1 Å². The number of halogens is 4. The first-order valence-corrected chi connectivity index (χ1v) is 7.19. The van der Waals surface area contributed by atoms with Crippen molar-refractivity contribution in [2.75, 3.05) is 5.32 Å². The number of anilines is 1. The molecular weight excluding hydrogens is 352 g/mol. The molecule has 2 aromatic rings. The van der Waals surface area contributed by atoms with Crippen molar-refractivity contribution in [1.82, 2.24) is 0 Å². The summed E-state index contributed by atoms with van der Waals surface area (Å²) in [5.74, 6) is -0.263. The minimum atomic E-state index is -0.263. The summed E-state index contributed by atoms with van der Waals surface area (Å²) < 4.78 is 14.6. The minimum absolute atomic E-state index is 0.228. The molecule has 0 aliphatic rings. The molecule has 5 heteroatoms. The van der Waals surface area contributed by atoms with E-state index < -0.39 is 0 Å². The fourth-order valence-corrected chi connectivity index (χ4v) is 2.51.